The summed E-state index contributed by atoms with van der Waals surface area (Å²) in [5.74, 6) is -0.567. The molecule has 1 aromatic carbocycles. The van der Waals surface area contributed by atoms with E-state index in [-0.39, 0.29) is 5.56 Å². The Labute approximate surface area is 119 Å². The maximum Gasteiger partial charge on any atom is 0.282 e. The summed E-state index contributed by atoms with van der Waals surface area (Å²) in [5.41, 5.74) is -0.696. The fourth-order valence-electron chi connectivity index (χ4n) is 1.84. The van der Waals surface area contributed by atoms with Crippen LogP contribution in [0.4, 0.5) is 10.1 Å². The number of amides is 1. The lowest BCUT2D eigenvalue weighted by Crippen LogP contribution is -2.25. The van der Waals surface area contributed by atoms with E-state index in [2.05, 4.69) is 15.3 Å². The van der Waals surface area contributed by atoms with Crippen LogP contribution in [-0.2, 0) is 6.42 Å². The zero-order valence-corrected chi connectivity index (χ0v) is 11.0. The Balaban J connectivity index is 1.93. The summed E-state index contributed by atoms with van der Waals surface area (Å²) in [6, 6.07) is 2.79. The molecule has 0 unspecified atom stereocenters. The van der Waals surface area contributed by atoms with Crippen molar-refractivity contribution in [2.24, 2.45) is 0 Å². The first-order valence-electron chi connectivity index (χ1n) is 6.28. The Hall–Kier alpha value is -2.77. The van der Waals surface area contributed by atoms with Gasteiger partial charge in [-0.15, -0.1) is 0 Å². The molecule has 7 nitrogen and oxygen atoms in total. The molecule has 2 aromatic rings. The molecule has 110 valence electrons. The summed E-state index contributed by atoms with van der Waals surface area (Å²) in [5, 5.41) is 13.3. The summed E-state index contributed by atoms with van der Waals surface area (Å²) in [6.07, 6.45) is 4.58. The van der Waals surface area contributed by atoms with Crippen LogP contribution in [0.25, 0.3) is 0 Å². The molecule has 1 heterocycles. The van der Waals surface area contributed by atoms with Gasteiger partial charge in [-0.1, -0.05) is 0 Å². The van der Waals surface area contributed by atoms with E-state index in [9.17, 15) is 19.3 Å². The molecule has 0 radical (unpaired) electrons. The molecule has 0 aliphatic carbocycles. The van der Waals surface area contributed by atoms with Crippen molar-refractivity contribution in [1.29, 1.82) is 0 Å². The van der Waals surface area contributed by atoms with Crippen molar-refractivity contribution in [2.45, 2.75) is 12.8 Å². The number of nitro groups is 1. The SMILES string of the molecule is O=C(NCCCc1ncc[nH]1)c1cc(F)ccc1[N+](=O)[O-]. The Morgan fingerprint density at radius 3 is 2.95 bits per heavy atom. The number of nitrogens with zero attached hydrogens (tertiary/aromatic N) is 2. The first kappa shape index (κ1) is 14.6. The van der Waals surface area contributed by atoms with Crippen molar-refractivity contribution in [1.82, 2.24) is 15.3 Å². The number of rotatable bonds is 6. The van der Waals surface area contributed by atoms with Crippen molar-refractivity contribution in [3.63, 3.8) is 0 Å². The van der Waals surface area contributed by atoms with E-state index < -0.39 is 22.3 Å². The Morgan fingerprint density at radius 2 is 2.29 bits per heavy atom. The lowest BCUT2D eigenvalue weighted by Gasteiger charge is -2.05. The molecule has 0 aliphatic heterocycles. The predicted octanol–water partition coefficient (Wildman–Crippen LogP) is 1.82. The molecule has 1 amide bonds. The third kappa shape index (κ3) is 3.85. The van der Waals surface area contributed by atoms with E-state index in [1.165, 1.54) is 0 Å². The molecule has 0 fully saturated rings. The van der Waals surface area contributed by atoms with Crippen LogP contribution in [0.2, 0.25) is 0 Å². The second-order valence-electron chi connectivity index (χ2n) is 4.31. The molecular weight excluding hydrogens is 279 g/mol. The van der Waals surface area contributed by atoms with E-state index in [4.69, 9.17) is 0 Å². The zero-order chi connectivity index (χ0) is 15.2. The van der Waals surface area contributed by atoms with Gasteiger partial charge in [0.15, 0.2) is 0 Å². The third-order valence-corrected chi connectivity index (χ3v) is 2.83. The van der Waals surface area contributed by atoms with Crippen molar-refractivity contribution in [3.8, 4) is 0 Å². The van der Waals surface area contributed by atoms with Gasteiger partial charge in [0.2, 0.25) is 0 Å². The number of hydrogen-bond donors (Lipinski definition) is 2. The lowest BCUT2D eigenvalue weighted by molar-refractivity contribution is -0.385. The van der Waals surface area contributed by atoms with Gasteiger partial charge in [-0.05, 0) is 18.6 Å². The average Bonchev–Trinajstić information content (AvgIpc) is 2.96. The van der Waals surface area contributed by atoms with Crippen molar-refractivity contribution in [3.05, 3.63) is 57.9 Å². The molecule has 0 bridgehead atoms. The molecule has 2 rings (SSSR count). The number of nitrogens with one attached hydrogen (secondary N) is 2. The van der Waals surface area contributed by atoms with Crippen LogP contribution in [0, 0.1) is 15.9 Å². The predicted molar refractivity (Wildman–Crippen MR) is 72.3 cm³/mol. The van der Waals surface area contributed by atoms with Crippen molar-refractivity contribution >= 4 is 11.6 Å². The maximum absolute atomic E-state index is 13.1. The van der Waals surface area contributed by atoms with Crippen LogP contribution in [0.15, 0.2) is 30.6 Å². The maximum atomic E-state index is 13.1. The lowest BCUT2D eigenvalue weighted by atomic mass is 10.1. The van der Waals surface area contributed by atoms with Crippen LogP contribution in [0.3, 0.4) is 0 Å². The highest BCUT2D eigenvalue weighted by molar-refractivity contribution is 5.98. The van der Waals surface area contributed by atoms with Gasteiger partial charge in [-0.25, -0.2) is 9.37 Å². The largest absolute Gasteiger partial charge is 0.352 e. The number of nitro benzene ring substituents is 1. The topological polar surface area (TPSA) is 101 Å². The van der Waals surface area contributed by atoms with E-state index in [0.29, 0.717) is 19.4 Å². The zero-order valence-electron chi connectivity index (χ0n) is 11.0. The third-order valence-electron chi connectivity index (χ3n) is 2.83. The minimum Gasteiger partial charge on any atom is -0.352 e. The van der Waals surface area contributed by atoms with Crippen LogP contribution in [0.5, 0.6) is 0 Å². The number of H-pyrrole nitrogens is 1. The first-order valence-corrected chi connectivity index (χ1v) is 6.28. The summed E-state index contributed by atoms with van der Waals surface area (Å²) in [7, 11) is 0. The molecule has 0 aliphatic rings. The number of aryl methyl sites for hydroxylation is 1. The number of carbonyl (C=O) groups is 1. The molecule has 1 aromatic heterocycles. The second kappa shape index (κ2) is 6.60. The molecule has 2 N–H and O–H groups in total. The molecular formula is C13H13FN4O3. The van der Waals surface area contributed by atoms with Gasteiger partial charge in [-0.2, -0.15) is 0 Å². The monoisotopic (exact) mass is 292 g/mol. The molecule has 0 spiro atoms. The van der Waals surface area contributed by atoms with E-state index in [0.717, 1.165) is 24.0 Å². The highest BCUT2D eigenvalue weighted by Crippen LogP contribution is 2.19. The fraction of sp³-hybridized carbons (Fsp3) is 0.231. The van der Waals surface area contributed by atoms with Crippen molar-refractivity contribution < 1.29 is 14.1 Å². The van der Waals surface area contributed by atoms with Gasteiger partial charge in [0, 0.05) is 31.4 Å². The highest BCUT2D eigenvalue weighted by atomic mass is 19.1. The molecule has 8 heteroatoms. The average molecular weight is 292 g/mol. The summed E-state index contributed by atoms with van der Waals surface area (Å²) < 4.78 is 13.1. The first-order chi connectivity index (χ1) is 10.1. The van der Waals surface area contributed by atoms with Gasteiger partial charge in [0.1, 0.15) is 17.2 Å². The molecule has 21 heavy (non-hydrogen) atoms. The van der Waals surface area contributed by atoms with Crippen LogP contribution in [-0.4, -0.2) is 27.3 Å². The Bertz CT molecular complexity index is 643. The summed E-state index contributed by atoms with van der Waals surface area (Å²) >= 11 is 0. The smallest absolute Gasteiger partial charge is 0.282 e. The number of halogens is 1. The van der Waals surface area contributed by atoms with Gasteiger partial charge >= 0.3 is 0 Å². The Morgan fingerprint density at radius 1 is 1.48 bits per heavy atom. The van der Waals surface area contributed by atoms with Gasteiger partial charge in [0.05, 0.1) is 4.92 Å². The van der Waals surface area contributed by atoms with E-state index in [1.807, 2.05) is 0 Å². The minimum absolute atomic E-state index is 0.280. The number of benzene rings is 1. The number of hydrogen-bond acceptors (Lipinski definition) is 4. The second-order valence-corrected chi connectivity index (χ2v) is 4.31. The number of aromatic amines is 1. The number of aromatic nitrogens is 2. The summed E-state index contributed by atoms with van der Waals surface area (Å²) in [4.78, 5) is 28.9. The van der Waals surface area contributed by atoms with Gasteiger partial charge < -0.3 is 10.3 Å². The number of carbonyl (C=O) groups excluding carboxylic acids is 1. The van der Waals surface area contributed by atoms with Crippen molar-refractivity contribution in [2.75, 3.05) is 6.54 Å². The summed E-state index contributed by atoms with van der Waals surface area (Å²) in [6.45, 7) is 0.313. The highest BCUT2D eigenvalue weighted by Gasteiger charge is 2.20. The standard InChI is InChI=1S/C13H13FN4O3/c14-9-3-4-11(18(20)21)10(8-9)13(19)17-5-1-2-12-15-6-7-16-12/h3-4,6-8H,1-2,5H2,(H,15,16)(H,17,19). The van der Waals surface area contributed by atoms with Crippen LogP contribution in [0.1, 0.15) is 22.6 Å². The number of imidazole rings is 1. The quantitative estimate of drug-likeness (QED) is 0.481. The Kier molecular flexibility index (Phi) is 4.60. The molecule has 0 saturated heterocycles. The normalized spacial score (nSPS) is 10.3. The molecule has 0 atom stereocenters. The van der Waals surface area contributed by atoms with E-state index >= 15 is 0 Å². The van der Waals surface area contributed by atoms with Gasteiger partial charge in [-0.3, -0.25) is 14.9 Å². The fourth-order valence-corrected chi connectivity index (χ4v) is 1.84. The van der Waals surface area contributed by atoms with Gasteiger partial charge in [0.25, 0.3) is 11.6 Å². The van der Waals surface area contributed by atoms with Crippen LogP contribution < -0.4 is 5.32 Å². The van der Waals surface area contributed by atoms with E-state index in [1.54, 1.807) is 12.4 Å². The van der Waals surface area contributed by atoms with Crippen LogP contribution >= 0.6 is 0 Å². The minimum atomic E-state index is -0.711. The molecule has 0 saturated carbocycles.